The van der Waals surface area contributed by atoms with Crippen molar-refractivity contribution in [1.82, 2.24) is 4.90 Å². The van der Waals surface area contributed by atoms with Gasteiger partial charge in [0.15, 0.2) is 0 Å². The molecule has 1 aromatic carbocycles. The topological polar surface area (TPSA) is 91.1 Å². The van der Waals surface area contributed by atoms with E-state index in [1.54, 1.807) is 0 Å². The van der Waals surface area contributed by atoms with E-state index in [4.69, 9.17) is 10.5 Å². The maximum absolute atomic E-state index is 12.1. The molecular weight excluding hydrogens is 368 g/mol. The molecule has 0 spiro atoms. The second-order valence-corrected chi connectivity index (χ2v) is 9.65. The Kier molecular flexibility index (Phi) is 6.29. The Morgan fingerprint density at radius 2 is 1.83 bits per heavy atom. The Balaban J connectivity index is 1.57. The molecule has 2 aliphatic rings. The molecule has 1 aromatic rings. The molecular formula is C22H36N4O3. The van der Waals surface area contributed by atoms with E-state index in [1.165, 1.54) is 0 Å². The number of benzene rings is 1. The summed E-state index contributed by atoms with van der Waals surface area (Å²) in [6, 6.07) is 6.35. The minimum absolute atomic E-state index is 0.499. The normalized spacial score (nSPS) is 21.1. The number of aliphatic hydroxyl groups is 1. The van der Waals surface area contributed by atoms with Crippen molar-refractivity contribution in [1.29, 1.82) is 0 Å². The molecule has 0 aliphatic carbocycles. The summed E-state index contributed by atoms with van der Waals surface area (Å²) in [6.07, 6.45) is 3.40. The standard InChI is InChI=1S/C22H36N4O3/c1-21(2,3)29-20(27)24-19-15-17(5-6-18(19)23)25-11-7-16(8-12-25)26-13-9-22(4,28)10-14-26/h5-6,15-16,28H,7-14,23H2,1-4H3,(H,24,27). The van der Waals surface area contributed by atoms with Crippen LogP contribution in [0.2, 0.25) is 0 Å². The molecule has 2 aliphatic heterocycles. The smallest absolute Gasteiger partial charge is 0.412 e. The quantitative estimate of drug-likeness (QED) is 0.669. The third-order valence-electron chi connectivity index (χ3n) is 5.89. The van der Waals surface area contributed by atoms with Crippen molar-refractivity contribution in [2.45, 2.75) is 70.6 Å². The third kappa shape index (κ3) is 6.00. The molecule has 0 radical (unpaired) electrons. The Labute approximate surface area is 174 Å². The highest BCUT2D eigenvalue weighted by Crippen LogP contribution is 2.30. The number of hydrogen-bond acceptors (Lipinski definition) is 6. The number of carbonyl (C=O) groups is 1. The number of likely N-dealkylation sites (tertiary alicyclic amines) is 1. The van der Waals surface area contributed by atoms with Crippen LogP contribution < -0.4 is 16.0 Å². The van der Waals surface area contributed by atoms with Gasteiger partial charge in [-0.15, -0.1) is 0 Å². The maximum Gasteiger partial charge on any atom is 0.412 e. The average Bonchev–Trinajstić information content (AvgIpc) is 2.62. The number of piperidine rings is 2. The Morgan fingerprint density at radius 1 is 1.21 bits per heavy atom. The van der Waals surface area contributed by atoms with Crippen LogP contribution in [0.1, 0.15) is 53.4 Å². The van der Waals surface area contributed by atoms with Gasteiger partial charge in [0, 0.05) is 37.9 Å². The minimum atomic E-state index is -0.555. The lowest BCUT2D eigenvalue weighted by atomic mass is 9.91. The molecule has 7 heteroatoms. The summed E-state index contributed by atoms with van der Waals surface area (Å²) < 4.78 is 5.34. The van der Waals surface area contributed by atoms with Gasteiger partial charge in [0.2, 0.25) is 0 Å². The number of nitrogens with two attached hydrogens (primary N) is 1. The molecule has 1 amide bonds. The fourth-order valence-corrected chi connectivity index (χ4v) is 4.12. The van der Waals surface area contributed by atoms with E-state index in [1.807, 2.05) is 45.9 Å². The zero-order chi connectivity index (χ0) is 21.2. The lowest BCUT2D eigenvalue weighted by molar-refractivity contribution is -0.0192. The maximum atomic E-state index is 12.1. The zero-order valence-electron chi connectivity index (χ0n) is 18.2. The van der Waals surface area contributed by atoms with E-state index in [9.17, 15) is 9.90 Å². The van der Waals surface area contributed by atoms with Crippen molar-refractivity contribution < 1.29 is 14.6 Å². The molecule has 0 atom stereocenters. The first-order valence-electron chi connectivity index (χ1n) is 10.6. The number of hydrogen-bond donors (Lipinski definition) is 3. The van der Waals surface area contributed by atoms with Crippen LogP contribution in [-0.4, -0.2) is 59.5 Å². The highest BCUT2D eigenvalue weighted by molar-refractivity contribution is 5.90. The Hall–Kier alpha value is -1.99. The van der Waals surface area contributed by atoms with Crippen molar-refractivity contribution in [3.8, 4) is 0 Å². The minimum Gasteiger partial charge on any atom is -0.444 e. The number of anilines is 3. The number of rotatable bonds is 3. The monoisotopic (exact) mass is 404 g/mol. The van der Waals surface area contributed by atoms with Crippen LogP contribution in [-0.2, 0) is 4.74 Å². The second kappa shape index (κ2) is 8.40. The van der Waals surface area contributed by atoms with Crippen LogP contribution in [0.25, 0.3) is 0 Å². The van der Waals surface area contributed by atoms with Crippen molar-refractivity contribution >= 4 is 23.2 Å². The lowest BCUT2D eigenvalue weighted by Crippen LogP contribution is -2.50. The van der Waals surface area contributed by atoms with Crippen LogP contribution >= 0.6 is 0 Å². The summed E-state index contributed by atoms with van der Waals surface area (Å²) in [6.45, 7) is 11.3. The Bertz CT molecular complexity index is 711. The van der Waals surface area contributed by atoms with Gasteiger partial charge >= 0.3 is 6.09 Å². The SMILES string of the molecule is CC1(O)CCN(C2CCN(c3ccc(N)c(NC(=O)OC(C)(C)C)c3)CC2)CC1. The number of ether oxygens (including phenoxy) is 1. The zero-order valence-corrected chi connectivity index (χ0v) is 18.2. The van der Waals surface area contributed by atoms with Crippen LogP contribution in [0, 0.1) is 0 Å². The Morgan fingerprint density at radius 3 is 2.41 bits per heavy atom. The lowest BCUT2D eigenvalue weighted by Gasteiger charge is -2.44. The van der Waals surface area contributed by atoms with Crippen LogP contribution in [0.15, 0.2) is 18.2 Å². The van der Waals surface area contributed by atoms with E-state index in [0.717, 1.165) is 57.5 Å². The predicted molar refractivity (Wildman–Crippen MR) is 117 cm³/mol. The van der Waals surface area contributed by atoms with E-state index in [2.05, 4.69) is 15.1 Å². The molecule has 162 valence electrons. The van der Waals surface area contributed by atoms with Crippen molar-refractivity contribution in [3.05, 3.63) is 18.2 Å². The molecule has 0 saturated carbocycles. The van der Waals surface area contributed by atoms with Gasteiger partial charge in [-0.05, 0) is 71.6 Å². The fraction of sp³-hybridized carbons (Fsp3) is 0.682. The van der Waals surface area contributed by atoms with Gasteiger partial charge in [0.25, 0.3) is 0 Å². The summed E-state index contributed by atoms with van der Waals surface area (Å²) in [4.78, 5) is 17.0. The molecule has 2 saturated heterocycles. The molecule has 2 fully saturated rings. The van der Waals surface area contributed by atoms with E-state index in [0.29, 0.717) is 17.4 Å². The van der Waals surface area contributed by atoms with Gasteiger partial charge in [-0.3, -0.25) is 5.32 Å². The van der Waals surface area contributed by atoms with Gasteiger partial charge < -0.3 is 25.4 Å². The second-order valence-electron chi connectivity index (χ2n) is 9.65. The molecule has 0 unspecified atom stereocenters. The summed E-state index contributed by atoms with van der Waals surface area (Å²) in [5.74, 6) is 0. The van der Waals surface area contributed by atoms with Gasteiger partial charge in [-0.1, -0.05) is 0 Å². The average molecular weight is 405 g/mol. The predicted octanol–water partition coefficient (Wildman–Crippen LogP) is 3.43. The number of amides is 1. The summed E-state index contributed by atoms with van der Waals surface area (Å²) in [5, 5.41) is 12.9. The van der Waals surface area contributed by atoms with Crippen LogP contribution in [0.3, 0.4) is 0 Å². The molecule has 3 rings (SSSR count). The van der Waals surface area contributed by atoms with E-state index < -0.39 is 17.3 Å². The van der Waals surface area contributed by atoms with Gasteiger partial charge in [-0.2, -0.15) is 0 Å². The molecule has 0 bridgehead atoms. The molecule has 2 heterocycles. The van der Waals surface area contributed by atoms with Crippen LogP contribution in [0.5, 0.6) is 0 Å². The number of nitrogen functional groups attached to an aromatic ring is 1. The molecule has 7 nitrogen and oxygen atoms in total. The number of nitrogens with zero attached hydrogens (tertiary/aromatic N) is 2. The largest absolute Gasteiger partial charge is 0.444 e. The fourth-order valence-electron chi connectivity index (χ4n) is 4.12. The molecule has 4 N–H and O–H groups in total. The third-order valence-corrected chi connectivity index (χ3v) is 5.89. The van der Waals surface area contributed by atoms with Gasteiger partial charge in [0.1, 0.15) is 5.60 Å². The molecule has 29 heavy (non-hydrogen) atoms. The number of nitrogens with one attached hydrogen (secondary N) is 1. The van der Waals surface area contributed by atoms with E-state index >= 15 is 0 Å². The first kappa shape index (κ1) is 21.7. The first-order valence-corrected chi connectivity index (χ1v) is 10.6. The van der Waals surface area contributed by atoms with E-state index in [-0.39, 0.29) is 0 Å². The van der Waals surface area contributed by atoms with Crippen molar-refractivity contribution in [3.63, 3.8) is 0 Å². The van der Waals surface area contributed by atoms with Gasteiger partial charge in [0.05, 0.1) is 17.0 Å². The summed E-state index contributed by atoms with van der Waals surface area (Å²) in [7, 11) is 0. The number of carbonyl (C=O) groups excluding carboxylic acids is 1. The molecule has 0 aromatic heterocycles. The summed E-state index contributed by atoms with van der Waals surface area (Å²) in [5.41, 5.74) is 7.16. The first-order chi connectivity index (χ1) is 13.5. The summed E-state index contributed by atoms with van der Waals surface area (Å²) >= 11 is 0. The highest BCUT2D eigenvalue weighted by Gasteiger charge is 2.32. The van der Waals surface area contributed by atoms with Crippen LogP contribution in [0.4, 0.5) is 21.9 Å². The van der Waals surface area contributed by atoms with Crippen molar-refractivity contribution in [2.24, 2.45) is 0 Å². The van der Waals surface area contributed by atoms with Crippen molar-refractivity contribution in [2.75, 3.05) is 42.1 Å². The highest BCUT2D eigenvalue weighted by atomic mass is 16.6. The van der Waals surface area contributed by atoms with Gasteiger partial charge in [-0.25, -0.2) is 4.79 Å².